The first kappa shape index (κ1) is 15.6. The highest BCUT2D eigenvalue weighted by Gasteiger charge is 2.15. The Hall–Kier alpha value is -1.47. The number of carbonyl (C=O) groups is 1. The van der Waals surface area contributed by atoms with Crippen LogP contribution in [0.3, 0.4) is 0 Å². The van der Waals surface area contributed by atoms with E-state index in [0.717, 1.165) is 5.56 Å². The summed E-state index contributed by atoms with van der Waals surface area (Å²) in [7, 11) is 1.81. The summed E-state index contributed by atoms with van der Waals surface area (Å²) in [5.41, 5.74) is 0.905. The van der Waals surface area contributed by atoms with Crippen LogP contribution in [0.15, 0.2) is 22.7 Å². The lowest BCUT2D eigenvalue weighted by Gasteiger charge is -2.19. The summed E-state index contributed by atoms with van der Waals surface area (Å²) in [5.74, 6) is -1.29. The molecule has 0 bridgehead atoms. The van der Waals surface area contributed by atoms with Gasteiger partial charge in [-0.1, -0.05) is 22.9 Å². The number of non-ortho nitro benzene ring substituents is 1. The van der Waals surface area contributed by atoms with Crippen molar-refractivity contribution in [3.63, 3.8) is 0 Å². The van der Waals surface area contributed by atoms with E-state index in [1.54, 1.807) is 13.0 Å². The number of hydrogen-bond donors (Lipinski definition) is 1. The summed E-state index contributed by atoms with van der Waals surface area (Å²) in [6, 6.07) is 4.56. The summed E-state index contributed by atoms with van der Waals surface area (Å²) in [4.78, 5) is 22.8. The second-order valence-electron chi connectivity index (χ2n) is 4.47. The van der Waals surface area contributed by atoms with Crippen LogP contribution in [0.4, 0.5) is 5.69 Å². The molecule has 0 heterocycles. The Balaban J connectivity index is 2.72. The number of nitro groups is 1. The van der Waals surface area contributed by atoms with Gasteiger partial charge < -0.3 is 10.0 Å². The maximum absolute atomic E-state index is 10.8. The fourth-order valence-electron chi connectivity index (χ4n) is 1.68. The molecule has 6 nitrogen and oxygen atoms in total. The molecule has 0 radical (unpaired) electrons. The molecule has 0 saturated heterocycles. The van der Waals surface area contributed by atoms with Crippen LogP contribution < -0.4 is 0 Å². The largest absolute Gasteiger partial charge is 0.481 e. The highest BCUT2D eigenvalue weighted by Crippen LogP contribution is 2.24. The molecule has 0 spiro atoms. The van der Waals surface area contributed by atoms with Crippen LogP contribution in [0.1, 0.15) is 12.5 Å². The molecule has 1 rings (SSSR count). The zero-order valence-corrected chi connectivity index (χ0v) is 12.3. The van der Waals surface area contributed by atoms with Gasteiger partial charge in [-0.25, -0.2) is 0 Å². The minimum Gasteiger partial charge on any atom is -0.481 e. The molecule has 0 aliphatic rings. The molecule has 104 valence electrons. The predicted octanol–water partition coefficient (Wildman–Crippen LogP) is 2.51. The van der Waals surface area contributed by atoms with E-state index >= 15 is 0 Å². The van der Waals surface area contributed by atoms with Gasteiger partial charge in [0.2, 0.25) is 0 Å². The molecule has 0 saturated carbocycles. The fraction of sp³-hybridized carbons (Fsp3) is 0.417. The van der Waals surface area contributed by atoms with Gasteiger partial charge in [-0.3, -0.25) is 14.9 Å². The molecule has 0 aliphatic heterocycles. The van der Waals surface area contributed by atoms with Crippen LogP contribution in [-0.4, -0.2) is 34.5 Å². The van der Waals surface area contributed by atoms with Crippen molar-refractivity contribution in [1.82, 2.24) is 4.90 Å². The number of benzene rings is 1. The molecule has 1 aromatic rings. The highest BCUT2D eigenvalue weighted by atomic mass is 79.9. The van der Waals surface area contributed by atoms with Crippen molar-refractivity contribution in [2.45, 2.75) is 13.5 Å². The Morgan fingerprint density at radius 3 is 2.68 bits per heavy atom. The predicted molar refractivity (Wildman–Crippen MR) is 73.9 cm³/mol. The Morgan fingerprint density at radius 2 is 2.21 bits per heavy atom. The Kier molecular flexibility index (Phi) is 5.44. The summed E-state index contributed by atoms with van der Waals surface area (Å²) in [6.45, 7) is 2.58. The van der Waals surface area contributed by atoms with Crippen molar-refractivity contribution in [3.05, 3.63) is 38.3 Å². The van der Waals surface area contributed by atoms with Crippen molar-refractivity contribution in [2.24, 2.45) is 5.92 Å². The number of carboxylic acid groups (broad SMARTS) is 1. The number of nitrogens with zero attached hydrogens (tertiary/aromatic N) is 2. The average molecular weight is 331 g/mol. The topological polar surface area (TPSA) is 83.7 Å². The first-order chi connectivity index (χ1) is 8.81. The number of halogens is 1. The molecule has 0 aliphatic carbocycles. The minimum absolute atomic E-state index is 0.0252. The van der Waals surface area contributed by atoms with E-state index in [9.17, 15) is 14.9 Å². The Labute approximate surface area is 119 Å². The van der Waals surface area contributed by atoms with Gasteiger partial charge in [-0.15, -0.1) is 0 Å². The van der Waals surface area contributed by atoms with Crippen molar-refractivity contribution < 1.29 is 14.8 Å². The van der Waals surface area contributed by atoms with Gasteiger partial charge in [-0.05, 0) is 18.7 Å². The van der Waals surface area contributed by atoms with Crippen molar-refractivity contribution in [2.75, 3.05) is 13.6 Å². The Morgan fingerprint density at radius 1 is 1.58 bits per heavy atom. The summed E-state index contributed by atoms with van der Waals surface area (Å²) in [6.07, 6.45) is 0. The first-order valence-corrected chi connectivity index (χ1v) is 6.44. The second kappa shape index (κ2) is 6.63. The number of carboxylic acids is 1. The molecule has 1 N–H and O–H groups in total. The van der Waals surface area contributed by atoms with Gasteiger partial charge in [0.05, 0.1) is 10.8 Å². The van der Waals surface area contributed by atoms with Crippen LogP contribution in [0.25, 0.3) is 0 Å². The molecular weight excluding hydrogens is 316 g/mol. The van der Waals surface area contributed by atoms with Gasteiger partial charge in [-0.2, -0.15) is 0 Å². The van der Waals surface area contributed by atoms with Crippen LogP contribution in [-0.2, 0) is 11.3 Å². The van der Waals surface area contributed by atoms with Crippen LogP contribution >= 0.6 is 15.9 Å². The lowest BCUT2D eigenvalue weighted by molar-refractivity contribution is -0.384. The van der Waals surface area contributed by atoms with Crippen molar-refractivity contribution in [3.8, 4) is 0 Å². The lowest BCUT2D eigenvalue weighted by atomic mass is 10.1. The van der Waals surface area contributed by atoms with Crippen LogP contribution in [0.2, 0.25) is 0 Å². The summed E-state index contributed by atoms with van der Waals surface area (Å²) in [5, 5.41) is 19.5. The van der Waals surface area contributed by atoms with Crippen molar-refractivity contribution in [1.29, 1.82) is 0 Å². The molecule has 19 heavy (non-hydrogen) atoms. The number of nitro benzene ring substituents is 1. The molecular formula is C12H15BrN2O4. The van der Waals surface area contributed by atoms with Gasteiger partial charge in [0.25, 0.3) is 5.69 Å². The molecule has 7 heteroatoms. The van der Waals surface area contributed by atoms with E-state index in [-0.39, 0.29) is 5.69 Å². The number of hydrogen-bond acceptors (Lipinski definition) is 4. The smallest absolute Gasteiger partial charge is 0.307 e. The van der Waals surface area contributed by atoms with E-state index in [0.29, 0.717) is 17.6 Å². The van der Waals surface area contributed by atoms with E-state index < -0.39 is 16.8 Å². The van der Waals surface area contributed by atoms with Crippen LogP contribution in [0, 0.1) is 16.0 Å². The normalized spacial score (nSPS) is 12.4. The van der Waals surface area contributed by atoms with E-state index in [1.807, 2.05) is 11.9 Å². The summed E-state index contributed by atoms with van der Waals surface area (Å²) < 4.78 is 0.650. The van der Waals surface area contributed by atoms with Gasteiger partial charge in [0.1, 0.15) is 0 Å². The lowest BCUT2D eigenvalue weighted by Crippen LogP contribution is -2.28. The quantitative estimate of drug-likeness (QED) is 0.640. The average Bonchev–Trinajstić information content (AvgIpc) is 2.31. The maximum atomic E-state index is 10.8. The third-order valence-electron chi connectivity index (χ3n) is 2.69. The fourth-order valence-corrected chi connectivity index (χ4v) is 2.17. The molecule has 0 amide bonds. The molecule has 0 fully saturated rings. The standard InChI is InChI=1S/C12H15BrN2O4/c1-8(12(16)17)6-14(2)7-9-3-4-10(15(18)19)5-11(9)13/h3-5,8H,6-7H2,1-2H3,(H,16,17). The van der Waals surface area contributed by atoms with Crippen molar-refractivity contribution >= 4 is 27.6 Å². The maximum Gasteiger partial charge on any atom is 0.307 e. The van der Waals surface area contributed by atoms with E-state index in [2.05, 4.69) is 15.9 Å². The summed E-state index contributed by atoms with van der Waals surface area (Å²) >= 11 is 3.29. The molecule has 1 aromatic carbocycles. The van der Waals surface area contributed by atoms with Gasteiger partial charge in [0.15, 0.2) is 0 Å². The Bertz CT molecular complexity index is 493. The van der Waals surface area contributed by atoms with Gasteiger partial charge >= 0.3 is 5.97 Å². The van der Waals surface area contributed by atoms with Crippen LogP contribution in [0.5, 0.6) is 0 Å². The zero-order chi connectivity index (χ0) is 14.6. The molecule has 1 atom stereocenters. The monoisotopic (exact) mass is 330 g/mol. The highest BCUT2D eigenvalue weighted by molar-refractivity contribution is 9.10. The first-order valence-electron chi connectivity index (χ1n) is 5.65. The minimum atomic E-state index is -0.838. The zero-order valence-electron chi connectivity index (χ0n) is 10.7. The van der Waals surface area contributed by atoms with E-state index in [1.165, 1.54) is 12.1 Å². The molecule has 0 aromatic heterocycles. The second-order valence-corrected chi connectivity index (χ2v) is 5.32. The molecule has 1 unspecified atom stereocenters. The van der Waals surface area contributed by atoms with Gasteiger partial charge in [0, 0.05) is 29.7 Å². The van der Waals surface area contributed by atoms with E-state index in [4.69, 9.17) is 5.11 Å². The number of aliphatic carboxylic acids is 1. The SMILES string of the molecule is CC(CN(C)Cc1ccc([N+](=O)[O-])cc1Br)C(=O)O. The number of rotatable bonds is 6. The third kappa shape index (κ3) is 4.60. The third-order valence-corrected chi connectivity index (χ3v) is 3.43.